The lowest BCUT2D eigenvalue weighted by Gasteiger charge is -2.34. The van der Waals surface area contributed by atoms with Crippen molar-refractivity contribution in [3.63, 3.8) is 0 Å². The number of nitrogens with zero attached hydrogens (tertiary/aromatic N) is 1. The van der Waals surface area contributed by atoms with Crippen LogP contribution in [0.1, 0.15) is 34.8 Å². The van der Waals surface area contributed by atoms with E-state index in [2.05, 4.69) is 5.32 Å². The first-order valence-corrected chi connectivity index (χ1v) is 9.18. The van der Waals surface area contributed by atoms with Crippen molar-refractivity contribution in [1.82, 2.24) is 10.2 Å². The highest BCUT2D eigenvalue weighted by atomic mass is 35.5. The third-order valence-electron chi connectivity index (χ3n) is 4.73. The van der Waals surface area contributed by atoms with Crippen molar-refractivity contribution in [3.05, 3.63) is 70.5 Å². The largest absolute Gasteiger partial charge is 0.349 e. The molecular weight excluding hydrogens is 404 g/mol. The second-order valence-electron chi connectivity index (χ2n) is 6.59. The number of likely N-dealkylation sites (tertiary alicyclic amines) is 1. The van der Waals surface area contributed by atoms with E-state index in [1.807, 2.05) is 0 Å². The SMILES string of the molecule is Cl.NC(C(=O)N1CCC(NC(=O)c2ccccc2F)CC1)c1cccc(Cl)c1. The van der Waals surface area contributed by atoms with Gasteiger partial charge >= 0.3 is 0 Å². The van der Waals surface area contributed by atoms with E-state index in [1.165, 1.54) is 12.1 Å². The van der Waals surface area contributed by atoms with Crippen LogP contribution in [0.5, 0.6) is 0 Å². The number of nitrogens with one attached hydrogen (secondary N) is 1. The minimum atomic E-state index is -0.770. The average molecular weight is 426 g/mol. The summed E-state index contributed by atoms with van der Waals surface area (Å²) >= 11 is 5.96. The minimum absolute atomic E-state index is 0. The molecule has 28 heavy (non-hydrogen) atoms. The highest BCUT2D eigenvalue weighted by Gasteiger charge is 2.28. The minimum Gasteiger partial charge on any atom is -0.349 e. The summed E-state index contributed by atoms with van der Waals surface area (Å²) in [4.78, 5) is 26.5. The number of hydrogen-bond acceptors (Lipinski definition) is 3. The summed E-state index contributed by atoms with van der Waals surface area (Å²) in [5, 5.41) is 3.37. The molecule has 0 radical (unpaired) electrons. The van der Waals surface area contributed by atoms with Crippen LogP contribution in [0, 0.1) is 5.82 Å². The first-order valence-electron chi connectivity index (χ1n) is 8.81. The van der Waals surface area contributed by atoms with Gasteiger partial charge in [0.2, 0.25) is 5.91 Å². The molecule has 2 amide bonds. The van der Waals surface area contributed by atoms with Gasteiger partial charge in [-0.1, -0.05) is 35.9 Å². The average Bonchev–Trinajstić information content (AvgIpc) is 2.67. The maximum Gasteiger partial charge on any atom is 0.254 e. The predicted octanol–water partition coefficient (Wildman–Crippen LogP) is 3.32. The number of rotatable bonds is 4. The maximum absolute atomic E-state index is 13.7. The number of piperidine rings is 1. The van der Waals surface area contributed by atoms with Crippen molar-refractivity contribution in [2.24, 2.45) is 5.73 Å². The Kier molecular flexibility index (Phi) is 7.80. The van der Waals surface area contributed by atoms with Gasteiger partial charge in [-0.3, -0.25) is 9.59 Å². The van der Waals surface area contributed by atoms with Crippen LogP contribution in [0.3, 0.4) is 0 Å². The predicted molar refractivity (Wildman–Crippen MR) is 109 cm³/mol. The van der Waals surface area contributed by atoms with Gasteiger partial charge in [-0.2, -0.15) is 0 Å². The Balaban J connectivity index is 0.00000280. The molecule has 1 saturated heterocycles. The molecule has 5 nitrogen and oxygen atoms in total. The first kappa shape index (κ1) is 22.1. The Morgan fingerprint density at radius 3 is 2.46 bits per heavy atom. The number of carbonyl (C=O) groups is 2. The Hall–Kier alpha value is -2.15. The zero-order chi connectivity index (χ0) is 19.4. The summed E-state index contributed by atoms with van der Waals surface area (Å²) in [5.74, 6) is -1.15. The van der Waals surface area contributed by atoms with Gasteiger partial charge in [0.15, 0.2) is 0 Å². The number of nitrogens with two attached hydrogens (primary N) is 1. The molecule has 1 aliphatic heterocycles. The van der Waals surface area contributed by atoms with E-state index < -0.39 is 17.8 Å². The zero-order valence-corrected chi connectivity index (χ0v) is 16.7. The van der Waals surface area contributed by atoms with E-state index >= 15 is 0 Å². The third kappa shape index (κ3) is 5.22. The summed E-state index contributed by atoms with van der Waals surface area (Å²) in [6, 6.07) is 11.9. The van der Waals surface area contributed by atoms with Gasteiger partial charge in [-0.05, 0) is 42.7 Å². The molecule has 0 aromatic heterocycles. The standard InChI is InChI=1S/C20H21ClFN3O2.ClH/c21-14-5-3-4-13(12-14)18(23)20(27)25-10-8-15(9-11-25)24-19(26)16-6-1-2-7-17(16)22;/h1-7,12,15,18H,8-11,23H2,(H,24,26);1H. The topological polar surface area (TPSA) is 75.4 Å². The molecule has 2 aromatic carbocycles. The third-order valence-corrected chi connectivity index (χ3v) is 4.97. The van der Waals surface area contributed by atoms with Crippen LogP contribution in [-0.2, 0) is 4.79 Å². The molecule has 1 atom stereocenters. The molecule has 1 aliphatic rings. The van der Waals surface area contributed by atoms with Crippen LogP contribution >= 0.6 is 24.0 Å². The summed E-state index contributed by atoms with van der Waals surface area (Å²) < 4.78 is 13.7. The van der Waals surface area contributed by atoms with Crippen molar-refractivity contribution in [1.29, 1.82) is 0 Å². The fourth-order valence-electron chi connectivity index (χ4n) is 3.19. The Morgan fingerprint density at radius 1 is 1.14 bits per heavy atom. The van der Waals surface area contributed by atoms with Gasteiger partial charge in [-0.15, -0.1) is 12.4 Å². The Morgan fingerprint density at radius 2 is 1.82 bits per heavy atom. The number of halogens is 3. The monoisotopic (exact) mass is 425 g/mol. The lowest BCUT2D eigenvalue weighted by molar-refractivity contribution is -0.133. The van der Waals surface area contributed by atoms with Crippen molar-refractivity contribution in [2.45, 2.75) is 24.9 Å². The van der Waals surface area contributed by atoms with Crippen LogP contribution in [0.15, 0.2) is 48.5 Å². The number of hydrogen-bond donors (Lipinski definition) is 2. The molecule has 0 saturated carbocycles. The second-order valence-corrected chi connectivity index (χ2v) is 7.02. The van der Waals surface area contributed by atoms with Gasteiger partial charge in [-0.25, -0.2) is 4.39 Å². The molecule has 0 spiro atoms. The first-order chi connectivity index (χ1) is 13.0. The summed E-state index contributed by atoms with van der Waals surface area (Å²) in [6.45, 7) is 0.963. The van der Waals surface area contributed by atoms with E-state index in [9.17, 15) is 14.0 Å². The number of benzene rings is 2. The van der Waals surface area contributed by atoms with Crippen LogP contribution in [0.25, 0.3) is 0 Å². The van der Waals surface area contributed by atoms with Crippen molar-refractivity contribution in [3.8, 4) is 0 Å². The van der Waals surface area contributed by atoms with E-state index in [0.717, 1.165) is 0 Å². The molecule has 2 aromatic rings. The molecule has 1 fully saturated rings. The van der Waals surface area contributed by atoms with Crippen molar-refractivity contribution < 1.29 is 14.0 Å². The molecule has 0 bridgehead atoms. The van der Waals surface area contributed by atoms with Gasteiger partial charge in [0.05, 0.1) is 5.56 Å². The van der Waals surface area contributed by atoms with E-state index in [0.29, 0.717) is 36.5 Å². The van der Waals surface area contributed by atoms with Crippen LogP contribution in [0.2, 0.25) is 5.02 Å². The van der Waals surface area contributed by atoms with E-state index in [1.54, 1.807) is 41.3 Å². The second kappa shape index (κ2) is 9.87. The Bertz CT molecular complexity index is 842. The quantitative estimate of drug-likeness (QED) is 0.788. The summed E-state index contributed by atoms with van der Waals surface area (Å²) in [6.07, 6.45) is 1.18. The molecule has 150 valence electrons. The molecule has 3 rings (SSSR count). The highest BCUT2D eigenvalue weighted by molar-refractivity contribution is 6.30. The highest BCUT2D eigenvalue weighted by Crippen LogP contribution is 2.20. The van der Waals surface area contributed by atoms with Gasteiger partial charge in [0.25, 0.3) is 5.91 Å². The van der Waals surface area contributed by atoms with Crippen molar-refractivity contribution >= 4 is 35.8 Å². The fourth-order valence-corrected chi connectivity index (χ4v) is 3.39. The molecule has 0 aliphatic carbocycles. The Labute approximate surface area is 174 Å². The molecule has 1 unspecified atom stereocenters. The number of amides is 2. The summed E-state index contributed by atoms with van der Waals surface area (Å²) in [7, 11) is 0. The van der Waals surface area contributed by atoms with E-state index in [4.69, 9.17) is 17.3 Å². The summed E-state index contributed by atoms with van der Waals surface area (Å²) in [5.41, 5.74) is 6.78. The van der Waals surface area contributed by atoms with Crippen LogP contribution in [-0.4, -0.2) is 35.8 Å². The van der Waals surface area contributed by atoms with Crippen LogP contribution in [0.4, 0.5) is 4.39 Å². The van der Waals surface area contributed by atoms with Crippen LogP contribution < -0.4 is 11.1 Å². The van der Waals surface area contributed by atoms with E-state index in [-0.39, 0.29) is 29.9 Å². The van der Waals surface area contributed by atoms with Gasteiger partial charge < -0.3 is 16.0 Å². The fraction of sp³-hybridized carbons (Fsp3) is 0.300. The smallest absolute Gasteiger partial charge is 0.254 e. The van der Waals surface area contributed by atoms with Gasteiger partial charge in [0, 0.05) is 24.2 Å². The normalized spacial score (nSPS) is 15.5. The maximum atomic E-state index is 13.7. The lowest BCUT2D eigenvalue weighted by Crippen LogP contribution is -2.48. The molecule has 1 heterocycles. The molecule has 8 heteroatoms. The zero-order valence-electron chi connectivity index (χ0n) is 15.1. The van der Waals surface area contributed by atoms with Gasteiger partial charge in [0.1, 0.15) is 11.9 Å². The van der Waals surface area contributed by atoms with Crippen molar-refractivity contribution in [2.75, 3.05) is 13.1 Å². The number of carbonyl (C=O) groups excluding carboxylic acids is 2. The molecular formula is C20H22Cl2FN3O2. The molecule has 3 N–H and O–H groups in total. The lowest BCUT2D eigenvalue weighted by atomic mass is 10.0.